The van der Waals surface area contributed by atoms with Crippen LogP contribution in [0.25, 0.3) is 0 Å². The van der Waals surface area contributed by atoms with Crippen LogP contribution in [0.2, 0.25) is 0 Å². The zero-order valence-electron chi connectivity index (χ0n) is 14.3. The second-order valence-electron chi connectivity index (χ2n) is 7.12. The maximum atomic E-state index is 12.7. The topological polar surface area (TPSA) is 50.4 Å². The van der Waals surface area contributed by atoms with Gasteiger partial charge in [-0.05, 0) is 56.0 Å². The first kappa shape index (κ1) is 16.2. The summed E-state index contributed by atoms with van der Waals surface area (Å²) in [6, 6.07) is 17.6. The minimum atomic E-state index is 0.161. The van der Waals surface area contributed by atoms with E-state index in [4.69, 9.17) is 4.74 Å². The van der Waals surface area contributed by atoms with Gasteiger partial charge in [0, 0.05) is 17.2 Å². The highest BCUT2D eigenvalue weighted by atomic mass is 16.5. The Morgan fingerprint density at radius 1 is 1.08 bits per heavy atom. The number of ether oxygens (including phenoxy) is 1. The summed E-state index contributed by atoms with van der Waals surface area (Å²) in [6.07, 6.45) is 3.26. The molecule has 130 valence electrons. The number of benzene rings is 2. The summed E-state index contributed by atoms with van der Waals surface area (Å²) in [7, 11) is 0. The van der Waals surface area contributed by atoms with Gasteiger partial charge < -0.3 is 15.4 Å². The number of carbonyl (C=O) groups excluding carboxylic acids is 1. The largest absolute Gasteiger partial charge is 0.489 e. The Balaban J connectivity index is 1.40. The molecule has 4 nitrogen and oxygen atoms in total. The molecule has 4 heteroatoms. The lowest BCUT2D eigenvalue weighted by molar-refractivity contribution is -0.118. The molecule has 25 heavy (non-hydrogen) atoms. The zero-order chi connectivity index (χ0) is 17.1. The van der Waals surface area contributed by atoms with Crippen molar-refractivity contribution in [1.82, 2.24) is 5.32 Å². The molecule has 2 aromatic carbocycles. The van der Waals surface area contributed by atoms with Crippen LogP contribution in [0.4, 0.5) is 5.69 Å². The number of piperidine rings is 1. The van der Waals surface area contributed by atoms with Crippen LogP contribution < -0.4 is 15.4 Å². The Labute approximate surface area is 148 Å². The van der Waals surface area contributed by atoms with Crippen molar-refractivity contribution in [2.24, 2.45) is 11.3 Å². The summed E-state index contributed by atoms with van der Waals surface area (Å²) in [4.78, 5) is 12.7. The number of hydrogen-bond acceptors (Lipinski definition) is 3. The maximum absolute atomic E-state index is 12.7. The Hall–Kier alpha value is -2.33. The Morgan fingerprint density at radius 3 is 2.60 bits per heavy atom. The molecule has 0 aromatic heterocycles. The quantitative estimate of drug-likeness (QED) is 0.877. The lowest BCUT2D eigenvalue weighted by Gasteiger charge is -2.23. The highest BCUT2D eigenvalue weighted by Gasteiger charge is 2.57. The monoisotopic (exact) mass is 336 g/mol. The van der Waals surface area contributed by atoms with Crippen LogP contribution >= 0.6 is 0 Å². The van der Waals surface area contributed by atoms with Gasteiger partial charge in [0.05, 0.1) is 0 Å². The van der Waals surface area contributed by atoms with Crippen molar-refractivity contribution in [1.29, 1.82) is 0 Å². The summed E-state index contributed by atoms with van der Waals surface area (Å²) >= 11 is 0. The van der Waals surface area contributed by atoms with Gasteiger partial charge in [-0.1, -0.05) is 36.4 Å². The molecule has 1 amide bonds. The van der Waals surface area contributed by atoms with Crippen LogP contribution in [0, 0.1) is 11.3 Å². The van der Waals surface area contributed by atoms with Crippen molar-refractivity contribution in [3.8, 4) is 5.75 Å². The molecule has 2 aliphatic rings. The van der Waals surface area contributed by atoms with Crippen LogP contribution in [0.5, 0.6) is 5.75 Å². The minimum absolute atomic E-state index is 0.161. The molecule has 1 aliphatic carbocycles. The molecule has 1 spiro atoms. The lowest BCUT2D eigenvalue weighted by Crippen LogP contribution is -2.31. The van der Waals surface area contributed by atoms with Gasteiger partial charge in [0.2, 0.25) is 5.91 Å². The van der Waals surface area contributed by atoms with Crippen molar-refractivity contribution in [3.63, 3.8) is 0 Å². The molecule has 2 aromatic rings. The third-order valence-electron chi connectivity index (χ3n) is 5.52. The lowest BCUT2D eigenvalue weighted by atomic mass is 9.91. The smallest absolute Gasteiger partial charge is 0.228 e. The van der Waals surface area contributed by atoms with Gasteiger partial charge in [-0.15, -0.1) is 0 Å². The first-order valence-electron chi connectivity index (χ1n) is 9.04. The third kappa shape index (κ3) is 3.54. The van der Waals surface area contributed by atoms with Gasteiger partial charge in [0.1, 0.15) is 12.4 Å². The molecular weight excluding hydrogens is 312 g/mol. The van der Waals surface area contributed by atoms with E-state index in [-0.39, 0.29) is 17.2 Å². The predicted molar refractivity (Wildman–Crippen MR) is 98.5 cm³/mol. The second-order valence-corrected chi connectivity index (χ2v) is 7.12. The van der Waals surface area contributed by atoms with Gasteiger partial charge in [0.15, 0.2) is 0 Å². The molecule has 1 unspecified atom stereocenters. The summed E-state index contributed by atoms with van der Waals surface area (Å²) < 4.78 is 5.84. The van der Waals surface area contributed by atoms with Crippen molar-refractivity contribution in [3.05, 3.63) is 60.2 Å². The molecule has 4 rings (SSSR count). The van der Waals surface area contributed by atoms with Gasteiger partial charge >= 0.3 is 0 Å². The Bertz CT molecular complexity index is 739. The van der Waals surface area contributed by atoms with Gasteiger partial charge in [-0.2, -0.15) is 0 Å². The molecule has 1 aliphatic heterocycles. The number of nitrogens with one attached hydrogen (secondary N) is 2. The molecule has 2 fully saturated rings. The molecule has 1 saturated heterocycles. The minimum Gasteiger partial charge on any atom is -0.489 e. The number of hydrogen-bond donors (Lipinski definition) is 2. The normalized spacial score (nSPS) is 20.9. The third-order valence-corrected chi connectivity index (χ3v) is 5.52. The van der Waals surface area contributed by atoms with E-state index in [9.17, 15) is 4.79 Å². The summed E-state index contributed by atoms with van der Waals surface area (Å²) in [5, 5.41) is 6.52. The molecule has 1 saturated carbocycles. The summed E-state index contributed by atoms with van der Waals surface area (Å²) in [5.41, 5.74) is 2.12. The van der Waals surface area contributed by atoms with Crippen LogP contribution in [0.1, 0.15) is 24.8 Å². The molecular formula is C21H24N2O2. The number of para-hydroxylation sites is 2. The van der Waals surface area contributed by atoms with E-state index >= 15 is 0 Å². The summed E-state index contributed by atoms with van der Waals surface area (Å²) in [6.45, 7) is 2.51. The average Bonchev–Trinajstić information content (AvgIpc) is 3.35. The van der Waals surface area contributed by atoms with Crippen LogP contribution in [0.15, 0.2) is 54.6 Å². The number of anilines is 1. The Morgan fingerprint density at radius 2 is 1.80 bits per heavy atom. The predicted octanol–water partition coefficient (Wildman–Crippen LogP) is 3.59. The van der Waals surface area contributed by atoms with E-state index in [0.717, 1.165) is 49.4 Å². The number of amides is 1. The standard InChI is InChI=1S/C21H24N2O2/c24-20(18-14-21(18)10-12-22-13-11-21)23-19-9-5-4-6-16(19)15-25-17-7-2-1-3-8-17/h1-9,18,22H,10-15H2,(H,23,24). The molecule has 1 atom stereocenters. The summed E-state index contributed by atoms with van der Waals surface area (Å²) in [5.74, 6) is 1.16. The van der Waals surface area contributed by atoms with Gasteiger partial charge in [-0.3, -0.25) is 4.79 Å². The molecule has 0 bridgehead atoms. The highest BCUT2D eigenvalue weighted by molar-refractivity contribution is 5.95. The first-order chi connectivity index (χ1) is 12.3. The van der Waals surface area contributed by atoms with E-state index in [1.165, 1.54) is 0 Å². The van der Waals surface area contributed by atoms with Crippen molar-refractivity contribution in [2.45, 2.75) is 25.9 Å². The molecule has 1 heterocycles. The average molecular weight is 336 g/mol. The SMILES string of the molecule is O=C(Nc1ccccc1COc1ccccc1)C1CC12CCNCC2. The van der Waals surface area contributed by atoms with Crippen molar-refractivity contribution < 1.29 is 9.53 Å². The van der Waals surface area contributed by atoms with Crippen LogP contribution in [-0.4, -0.2) is 19.0 Å². The highest BCUT2D eigenvalue weighted by Crippen LogP contribution is 2.58. The van der Waals surface area contributed by atoms with E-state index in [1.54, 1.807) is 0 Å². The molecule has 2 N–H and O–H groups in total. The van der Waals surface area contributed by atoms with Gasteiger partial charge in [0.25, 0.3) is 0 Å². The van der Waals surface area contributed by atoms with Gasteiger partial charge in [-0.25, -0.2) is 0 Å². The first-order valence-corrected chi connectivity index (χ1v) is 9.04. The van der Waals surface area contributed by atoms with Crippen molar-refractivity contribution >= 4 is 11.6 Å². The second kappa shape index (κ2) is 6.89. The van der Waals surface area contributed by atoms with E-state index in [0.29, 0.717) is 6.61 Å². The zero-order valence-corrected chi connectivity index (χ0v) is 14.3. The fourth-order valence-electron chi connectivity index (χ4n) is 3.86. The maximum Gasteiger partial charge on any atom is 0.228 e. The van der Waals surface area contributed by atoms with Crippen LogP contribution in [0.3, 0.4) is 0 Å². The number of carbonyl (C=O) groups is 1. The Kier molecular flexibility index (Phi) is 4.45. The van der Waals surface area contributed by atoms with Crippen molar-refractivity contribution in [2.75, 3.05) is 18.4 Å². The number of rotatable bonds is 5. The molecule has 0 radical (unpaired) electrons. The fraction of sp³-hybridized carbons (Fsp3) is 0.381. The van der Waals surface area contributed by atoms with E-state index in [2.05, 4.69) is 10.6 Å². The van der Waals surface area contributed by atoms with Crippen LogP contribution in [-0.2, 0) is 11.4 Å². The van der Waals surface area contributed by atoms with E-state index < -0.39 is 0 Å². The fourth-order valence-corrected chi connectivity index (χ4v) is 3.86. The van der Waals surface area contributed by atoms with E-state index in [1.807, 2.05) is 54.6 Å².